The molecule has 0 aliphatic carbocycles. The summed E-state index contributed by atoms with van der Waals surface area (Å²) in [7, 11) is 0. The summed E-state index contributed by atoms with van der Waals surface area (Å²) in [6, 6.07) is 8.15. The third kappa shape index (κ3) is 4.37. The molecule has 0 N–H and O–H groups in total. The van der Waals surface area contributed by atoms with Crippen molar-refractivity contribution >= 4 is 28.1 Å². The van der Waals surface area contributed by atoms with Crippen molar-refractivity contribution in [1.29, 1.82) is 0 Å². The quantitative estimate of drug-likeness (QED) is 0.756. The lowest BCUT2D eigenvalue weighted by Gasteiger charge is -2.23. The summed E-state index contributed by atoms with van der Waals surface area (Å²) < 4.78 is 6.46. The number of benzene rings is 1. The van der Waals surface area contributed by atoms with E-state index in [0.717, 1.165) is 23.0 Å². The van der Waals surface area contributed by atoms with E-state index >= 15 is 0 Å². The highest BCUT2D eigenvalue weighted by Gasteiger charge is 2.26. The van der Waals surface area contributed by atoms with Crippen LogP contribution in [-0.2, 0) is 4.74 Å². The molecule has 1 fully saturated rings. The lowest BCUT2D eigenvalue weighted by Crippen LogP contribution is -2.34. The van der Waals surface area contributed by atoms with Crippen LogP contribution in [0, 0.1) is 0 Å². The Balaban J connectivity index is 2.00. The monoisotopic (exact) mass is 337 g/mol. The molecule has 1 aliphatic rings. The second kappa shape index (κ2) is 6.00. The van der Waals surface area contributed by atoms with Gasteiger partial charge in [-0.2, -0.15) is 0 Å². The molecule has 2 rings (SSSR count). The molecular formula is C16H20BrNO2. The molecule has 1 amide bonds. The van der Waals surface area contributed by atoms with Gasteiger partial charge in [-0.3, -0.25) is 0 Å². The average molecular weight is 338 g/mol. The number of rotatable bonds is 1. The molecule has 3 nitrogen and oxygen atoms in total. The molecule has 0 radical (unpaired) electrons. The molecule has 1 aliphatic heterocycles. The average Bonchev–Trinajstić information content (AvgIpc) is 2.75. The fraction of sp³-hybridized carbons (Fsp3) is 0.438. The molecule has 20 heavy (non-hydrogen) atoms. The molecule has 1 saturated heterocycles. The zero-order chi connectivity index (χ0) is 14.8. The number of halogens is 1. The van der Waals surface area contributed by atoms with Gasteiger partial charge in [-0.25, -0.2) is 4.79 Å². The molecule has 0 spiro atoms. The number of carbonyl (C=O) groups is 1. The van der Waals surface area contributed by atoms with Crippen molar-refractivity contribution in [3.8, 4) is 0 Å². The predicted octanol–water partition coefficient (Wildman–Crippen LogP) is 4.47. The first-order valence-corrected chi connectivity index (χ1v) is 7.56. The Morgan fingerprint density at radius 1 is 1.40 bits per heavy atom. The number of amides is 1. The Labute approximate surface area is 128 Å². The summed E-state index contributed by atoms with van der Waals surface area (Å²) in [5.41, 5.74) is 1.97. The van der Waals surface area contributed by atoms with Crippen molar-refractivity contribution in [2.24, 2.45) is 0 Å². The van der Waals surface area contributed by atoms with E-state index in [1.807, 2.05) is 32.9 Å². The first-order valence-electron chi connectivity index (χ1n) is 6.76. The molecule has 0 aromatic heterocycles. The van der Waals surface area contributed by atoms with Crippen LogP contribution in [0.15, 0.2) is 34.3 Å². The van der Waals surface area contributed by atoms with Crippen molar-refractivity contribution in [3.05, 3.63) is 39.9 Å². The Morgan fingerprint density at radius 2 is 2.15 bits per heavy atom. The SMILES string of the molecule is CC(C)(C)OC(=O)N1CC/C(=C\c2cccc(Br)c2)C1. The number of likely N-dealkylation sites (tertiary alicyclic amines) is 1. The van der Waals surface area contributed by atoms with Crippen LogP contribution in [0.1, 0.15) is 32.8 Å². The van der Waals surface area contributed by atoms with Gasteiger partial charge in [0.15, 0.2) is 0 Å². The summed E-state index contributed by atoms with van der Waals surface area (Å²) in [6.07, 6.45) is 2.83. The van der Waals surface area contributed by atoms with Gasteiger partial charge in [-0.05, 0) is 50.5 Å². The lowest BCUT2D eigenvalue weighted by atomic mass is 10.1. The highest BCUT2D eigenvalue weighted by molar-refractivity contribution is 9.10. The minimum atomic E-state index is -0.437. The van der Waals surface area contributed by atoms with E-state index in [4.69, 9.17) is 4.74 Å². The summed E-state index contributed by atoms with van der Waals surface area (Å²) in [5, 5.41) is 0. The number of ether oxygens (including phenoxy) is 1. The Morgan fingerprint density at radius 3 is 2.80 bits per heavy atom. The van der Waals surface area contributed by atoms with E-state index in [9.17, 15) is 4.79 Å². The predicted molar refractivity (Wildman–Crippen MR) is 84.5 cm³/mol. The van der Waals surface area contributed by atoms with Gasteiger partial charge in [0.1, 0.15) is 5.60 Å². The van der Waals surface area contributed by atoms with Crippen LogP contribution >= 0.6 is 15.9 Å². The highest BCUT2D eigenvalue weighted by atomic mass is 79.9. The van der Waals surface area contributed by atoms with Gasteiger partial charge >= 0.3 is 6.09 Å². The van der Waals surface area contributed by atoms with Gasteiger partial charge in [-0.1, -0.05) is 34.1 Å². The summed E-state index contributed by atoms with van der Waals surface area (Å²) in [6.45, 7) is 7.05. The van der Waals surface area contributed by atoms with Crippen molar-refractivity contribution in [3.63, 3.8) is 0 Å². The van der Waals surface area contributed by atoms with Crippen molar-refractivity contribution < 1.29 is 9.53 Å². The normalized spacial score (nSPS) is 17.6. The fourth-order valence-electron chi connectivity index (χ4n) is 2.11. The smallest absolute Gasteiger partial charge is 0.410 e. The van der Waals surface area contributed by atoms with E-state index in [0.29, 0.717) is 6.54 Å². The maximum absolute atomic E-state index is 12.0. The summed E-state index contributed by atoms with van der Waals surface area (Å²) in [5.74, 6) is 0. The number of carbonyl (C=O) groups excluding carboxylic acids is 1. The Kier molecular flexibility index (Phi) is 4.53. The second-order valence-corrected chi connectivity index (χ2v) is 6.93. The van der Waals surface area contributed by atoms with Gasteiger partial charge in [0, 0.05) is 17.6 Å². The van der Waals surface area contributed by atoms with E-state index in [1.54, 1.807) is 4.90 Å². The van der Waals surface area contributed by atoms with E-state index in [-0.39, 0.29) is 6.09 Å². The Bertz CT molecular complexity index is 532. The van der Waals surface area contributed by atoms with Crippen molar-refractivity contribution in [2.45, 2.75) is 32.8 Å². The third-order valence-corrected chi connectivity index (χ3v) is 3.46. The molecule has 1 aromatic rings. The van der Waals surface area contributed by atoms with Crippen LogP contribution in [0.25, 0.3) is 6.08 Å². The largest absolute Gasteiger partial charge is 0.444 e. The van der Waals surface area contributed by atoms with Gasteiger partial charge in [0.2, 0.25) is 0 Å². The first kappa shape index (κ1) is 15.1. The van der Waals surface area contributed by atoms with Crippen molar-refractivity contribution in [2.75, 3.05) is 13.1 Å². The summed E-state index contributed by atoms with van der Waals surface area (Å²) in [4.78, 5) is 13.7. The highest BCUT2D eigenvalue weighted by Crippen LogP contribution is 2.22. The molecule has 1 heterocycles. The molecule has 0 atom stereocenters. The van der Waals surface area contributed by atoms with Gasteiger partial charge in [-0.15, -0.1) is 0 Å². The van der Waals surface area contributed by atoms with Crippen LogP contribution in [0.3, 0.4) is 0 Å². The maximum atomic E-state index is 12.0. The molecule has 0 unspecified atom stereocenters. The van der Waals surface area contributed by atoms with E-state index in [2.05, 4.69) is 34.1 Å². The van der Waals surface area contributed by atoms with Crippen LogP contribution in [-0.4, -0.2) is 29.7 Å². The molecule has 0 bridgehead atoms. The van der Waals surface area contributed by atoms with Crippen LogP contribution in [0.5, 0.6) is 0 Å². The molecule has 1 aromatic carbocycles. The molecule has 108 valence electrons. The van der Waals surface area contributed by atoms with E-state index in [1.165, 1.54) is 5.57 Å². The van der Waals surface area contributed by atoms with Gasteiger partial charge in [0.05, 0.1) is 0 Å². The Hall–Kier alpha value is -1.29. The number of nitrogens with zero attached hydrogens (tertiary/aromatic N) is 1. The molecular weight excluding hydrogens is 318 g/mol. The second-order valence-electron chi connectivity index (χ2n) is 6.01. The zero-order valence-electron chi connectivity index (χ0n) is 12.1. The van der Waals surface area contributed by atoms with Crippen LogP contribution in [0.2, 0.25) is 0 Å². The third-order valence-electron chi connectivity index (χ3n) is 2.97. The molecule has 4 heteroatoms. The van der Waals surface area contributed by atoms with Crippen molar-refractivity contribution in [1.82, 2.24) is 4.90 Å². The van der Waals surface area contributed by atoms with Crippen LogP contribution in [0.4, 0.5) is 4.79 Å². The maximum Gasteiger partial charge on any atom is 0.410 e. The summed E-state index contributed by atoms with van der Waals surface area (Å²) >= 11 is 3.47. The minimum Gasteiger partial charge on any atom is -0.444 e. The van der Waals surface area contributed by atoms with Gasteiger partial charge in [0.25, 0.3) is 0 Å². The van der Waals surface area contributed by atoms with E-state index < -0.39 is 5.60 Å². The minimum absolute atomic E-state index is 0.227. The lowest BCUT2D eigenvalue weighted by molar-refractivity contribution is 0.0299. The first-order chi connectivity index (χ1) is 9.33. The fourth-order valence-corrected chi connectivity index (χ4v) is 2.53. The zero-order valence-corrected chi connectivity index (χ0v) is 13.7. The molecule has 0 saturated carbocycles. The van der Waals surface area contributed by atoms with Gasteiger partial charge < -0.3 is 9.64 Å². The number of hydrogen-bond donors (Lipinski definition) is 0. The topological polar surface area (TPSA) is 29.5 Å². The number of hydrogen-bond acceptors (Lipinski definition) is 2. The standard InChI is InChI=1S/C16H20BrNO2/c1-16(2,3)20-15(19)18-8-7-13(11-18)9-12-5-4-6-14(17)10-12/h4-6,9-10H,7-8,11H2,1-3H3/b13-9+. The van der Waals surface area contributed by atoms with Crippen LogP contribution < -0.4 is 0 Å².